The van der Waals surface area contributed by atoms with E-state index in [0.29, 0.717) is 17.1 Å². The first-order chi connectivity index (χ1) is 9.51. The molecule has 1 nitrogen and oxygen atoms in total. The van der Waals surface area contributed by atoms with Gasteiger partial charge in [-0.3, -0.25) is 0 Å². The van der Waals surface area contributed by atoms with Crippen molar-refractivity contribution in [1.29, 1.82) is 0 Å². The first-order valence-corrected chi connectivity index (χ1v) is 6.80. The molecule has 2 atom stereocenters. The van der Waals surface area contributed by atoms with E-state index >= 15 is 0 Å². The number of hydrogen-bond acceptors (Lipinski definition) is 1. The SMILES string of the molecule is CC(c1ccc(Cl)cc1)C(CN)c1cc(F)cc(F)c1. The Kier molecular flexibility index (Phi) is 4.73. The molecule has 0 saturated heterocycles. The van der Waals surface area contributed by atoms with Crippen LogP contribution in [0.25, 0.3) is 0 Å². The van der Waals surface area contributed by atoms with Crippen molar-refractivity contribution in [3.8, 4) is 0 Å². The van der Waals surface area contributed by atoms with E-state index in [1.165, 1.54) is 12.1 Å². The van der Waals surface area contributed by atoms with Gasteiger partial charge < -0.3 is 5.73 Å². The van der Waals surface area contributed by atoms with Gasteiger partial charge in [0.15, 0.2) is 0 Å². The number of halogens is 3. The second kappa shape index (κ2) is 6.33. The van der Waals surface area contributed by atoms with Crippen LogP contribution in [0.2, 0.25) is 5.02 Å². The summed E-state index contributed by atoms with van der Waals surface area (Å²) < 4.78 is 26.7. The predicted octanol–water partition coefficient (Wildman–Crippen LogP) is 4.46. The Labute approximate surface area is 122 Å². The van der Waals surface area contributed by atoms with Crippen LogP contribution < -0.4 is 5.73 Å². The van der Waals surface area contributed by atoms with Crippen molar-refractivity contribution in [1.82, 2.24) is 0 Å². The number of nitrogens with two attached hydrogens (primary N) is 1. The van der Waals surface area contributed by atoms with Crippen molar-refractivity contribution in [3.63, 3.8) is 0 Å². The lowest BCUT2D eigenvalue weighted by Gasteiger charge is -2.23. The fourth-order valence-electron chi connectivity index (χ4n) is 2.42. The van der Waals surface area contributed by atoms with Gasteiger partial charge in [0.05, 0.1) is 0 Å². The number of hydrogen-bond donors (Lipinski definition) is 1. The van der Waals surface area contributed by atoms with Crippen LogP contribution in [0.3, 0.4) is 0 Å². The van der Waals surface area contributed by atoms with Crippen LogP contribution in [-0.2, 0) is 0 Å². The van der Waals surface area contributed by atoms with Gasteiger partial charge in [-0.2, -0.15) is 0 Å². The molecule has 2 unspecified atom stereocenters. The van der Waals surface area contributed by atoms with E-state index in [4.69, 9.17) is 17.3 Å². The Balaban J connectivity index is 2.33. The Morgan fingerprint density at radius 3 is 2.05 bits per heavy atom. The summed E-state index contributed by atoms with van der Waals surface area (Å²) >= 11 is 5.86. The quantitative estimate of drug-likeness (QED) is 0.885. The van der Waals surface area contributed by atoms with Gasteiger partial charge in [-0.1, -0.05) is 30.7 Å². The summed E-state index contributed by atoms with van der Waals surface area (Å²) in [5.41, 5.74) is 7.42. The van der Waals surface area contributed by atoms with Gasteiger partial charge in [0.2, 0.25) is 0 Å². The fourth-order valence-corrected chi connectivity index (χ4v) is 2.54. The molecule has 4 heteroatoms. The van der Waals surface area contributed by atoms with Crippen molar-refractivity contribution in [2.75, 3.05) is 6.54 Å². The van der Waals surface area contributed by atoms with Crippen LogP contribution in [0, 0.1) is 11.6 Å². The fraction of sp³-hybridized carbons (Fsp3) is 0.250. The average molecular weight is 296 g/mol. The minimum atomic E-state index is -0.582. The molecular formula is C16H16ClF2N. The highest BCUT2D eigenvalue weighted by molar-refractivity contribution is 6.30. The van der Waals surface area contributed by atoms with Gasteiger partial charge >= 0.3 is 0 Å². The normalized spacial score (nSPS) is 14.1. The lowest BCUT2D eigenvalue weighted by Crippen LogP contribution is -2.19. The monoisotopic (exact) mass is 295 g/mol. The topological polar surface area (TPSA) is 26.0 Å². The molecule has 0 amide bonds. The highest BCUT2D eigenvalue weighted by Crippen LogP contribution is 2.33. The van der Waals surface area contributed by atoms with E-state index in [0.717, 1.165) is 11.6 Å². The molecule has 106 valence electrons. The zero-order valence-corrected chi connectivity index (χ0v) is 11.9. The van der Waals surface area contributed by atoms with E-state index in [2.05, 4.69) is 0 Å². The molecule has 0 spiro atoms. The molecule has 20 heavy (non-hydrogen) atoms. The molecule has 0 saturated carbocycles. The zero-order chi connectivity index (χ0) is 14.7. The van der Waals surface area contributed by atoms with Crippen LogP contribution in [0.1, 0.15) is 29.9 Å². The van der Waals surface area contributed by atoms with Crippen molar-refractivity contribution in [2.24, 2.45) is 5.73 Å². The number of benzene rings is 2. The minimum absolute atomic E-state index is 0.0402. The summed E-state index contributed by atoms with van der Waals surface area (Å²) in [5.74, 6) is -1.27. The molecule has 0 aromatic heterocycles. The summed E-state index contributed by atoms with van der Waals surface area (Å²) in [6, 6.07) is 11.0. The van der Waals surface area contributed by atoms with Crippen LogP contribution >= 0.6 is 11.6 Å². The largest absolute Gasteiger partial charge is 0.330 e. The highest BCUT2D eigenvalue weighted by atomic mass is 35.5. The predicted molar refractivity (Wildman–Crippen MR) is 78.0 cm³/mol. The molecule has 2 aromatic rings. The first-order valence-electron chi connectivity index (χ1n) is 6.42. The van der Waals surface area contributed by atoms with Crippen LogP contribution in [0.4, 0.5) is 8.78 Å². The highest BCUT2D eigenvalue weighted by Gasteiger charge is 2.20. The molecular weight excluding hydrogens is 280 g/mol. The molecule has 0 aliphatic rings. The molecule has 2 rings (SSSR count). The summed E-state index contributed by atoms with van der Waals surface area (Å²) in [6.07, 6.45) is 0. The second-order valence-corrected chi connectivity index (χ2v) is 5.32. The van der Waals surface area contributed by atoms with Gasteiger partial charge in [0.1, 0.15) is 11.6 Å². The molecule has 0 bridgehead atoms. The van der Waals surface area contributed by atoms with Crippen molar-refractivity contribution >= 4 is 11.6 Å². The van der Waals surface area contributed by atoms with E-state index < -0.39 is 11.6 Å². The van der Waals surface area contributed by atoms with Crippen LogP contribution in [0.15, 0.2) is 42.5 Å². The summed E-state index contributed by atoms with van der Waals surface area (Å²) in [6.45, 7) is 2.30. The molecule has 2 aromatic carbocycles. The van der Waals surface area contributed by atoms with Crippen molar-refractivity contribution in [3.05, 3.63) is 70.2 Å². The molecule has 2 N–H and O–H groups in total. The second-order valence-electron chi connectivity index (χ2n) is 4.89. The first kappa shape index (κ1) is 14.9. The molecule has 0 aliphatic carbocycles. The third-order valence-corrected chi connectivity index (χ3v) is 3.82. The third-order valence-electron chi connectivity index (χ3n) is 3.57. The molecule has 0 heterocycles. The van der Waals surface area contributed by atoms with Crippen molar-refractivity contribution in [2.45, 2.75) is 18.8 Å². The van der Waals surface area contributed by atoms with Gasteiger partial charge in [-0.05, 0) is 47.9 Å². The Hall–Kier alpha value is -1.45. The van der Waals surface area contributed by atoms with E-state index in [1.54, 1.807) is 12.1 Å². The molecule has 0 radical (unpaired) electrons. The van der Waals surface area contributed by atoms with Gasteiger partial charge in [-0.25, -0.2) is 8.78 Å². The van der Waals surface area contributed by atoms with E-state index in [9.17, 15) is 8.78 Å². The Morgan fingerprint density at radius 2 is 1.55 bits per heavy atom. The summed E-state index contributed by atoms with van der Waals surface area (Å²) in [7, 11) is 0. The van der Waals surface area contributed by atoms with Crippen LogP contribution in [-0.4, -0.2) is 6.54 Å². The van der Waals surface area contributed by atoms with E-state index in [-0.39, 0.29) is 11.8 Å². The maximum Gasteiger partial charge on any atom is 0.126 e. The lowest BCUT2D eigenvalue weighted by atomic mass is 9.82. The maximum atomic E-state index is 13.3. The van der Waals surface area contributed by atoms with Crippen molar-refractivity contribution < 1.29 is 8.78 Å². The Morgan fingerprint density at radius 1 is 1.00 bits per heavy atom. The maximum absolute atomic E-state index is 13.3. The molecule has 0 fully saturated rings. The van der Waals surface area contributed by atoms with Gasteiger partial charge in [0, 0.05) is 17.0 Å². The third kappa shape index (κ3) is 3.35. The van der Waals surface area contributed by atoms with E-state index in [1.807, 2.05) is 19.1 Å². The lowest BCUT2D eigenvalue weighted by molar-refractivity contribution is 0.550. The zero-order valence-electron chi connectivity index (χ0n) is 11.1. The smallest absolute Gasteiger partial charge is 0.126 e. The molecule has 0 aliphatic heterocycles. The standard InChI is InChI=1S/C16H16ClF2N/c1-10(11-2-4-13(17)5-3-11)16(9-20)12-6-14(18)8-15(19)7-12/h2-8,10,16H,9,20H2,1H3. The summed E-state index contributed by atoms with van der Waals surface area (Å²) in [4.78, 5) is 0. The summed E-state index contributed by atoms with van der Waals surface area (Å²) in [5, 5.41) is 0.655. The van der Waals surface area contributed by atoms with Gasteiger partial charge in [0.25, 0.3) is 0 Å². The number of rotatable bonds is 4. The minimum Gasteiger partial charge on any atom is -0.330 e. The van der Waals surface area contributed by atoms with Crippen LogP contribution in [0.5, 0.6) is 0 Å². The Bertz CT molecular complexity index is 563. The van der Waals surface area contributed by atoms with Gasteiger partial charge in [-0.15, -0.1) is 0 Å². The average Bonchev–Trinajstić information content (AvgIpc) is 2.39.